The molecular weight excluding hydrogens is 310 g/mol. The van der Waals surface area contributed by atoms with E-state index in [2.05, 4.69) is 17.4 Å². The van der Waals surface area contributed by atoms with Crippen LogP contribution in [-0.2, 0) is 10.0 Å². The van der Waals surface area contributed by atoms with Crippen LogP contribution in [0.3, 0.4) is 0 Å². The lowest BCUT2D eigenvalue weighted by molar-refractivity contribution is -0.944. The van der Waals surface area contributed by atoms with Crippen molar-refractivity contribution < 1.29 is 13.3 Å². The maximum absolute atomic E-state index is 12.4. The number of sulfonamides is 1. The van der Waals surface area contributed by atoms with Gasteiger partial charge in [-0.1, -0.05) is 12.1 Å². The molecule has 3 aliphatic heterocycles. The lowest BCUT2D eigenvalue weighted by Crippen LogP contribution is -3.20. The van der Waals surface area contributed by atoms with Gasteiger partial charge in [-0.2, -0.15) is 5.26 Å². The molecule has 6 heteroatoms. The highest BCUT2D eigenvalue weighted by Crippen LogP contribution is 2.27. The van der Waals surface area contributed by atoms with Crippen molar-refractivity contribution in [2.75, 3.05) is 19.6 Å². The second kappa shape index (κ2) is 6.44. The Kier molecular flexibility index (Phi) is 4.53. The molecule has 0 amide bonds. The minimum absolute atomic E-state index is 0.159. The molecule has 1 aromatic carbocycles. The molecule has 2 bridgehead atoms. The number of quaternary nitrogens is 1. The number of nitriles is 1. The maximum Gasteiger partial charge on any atom is 0.240 e. The van der Waals surface area contributed by atoms with Gasteiger partial charge in [-0.25, -0.2) is 13.1 Å². The fourth-order valence-corrected chi connectivity index (χ4v) is 5.01. The average Bonchev–Trinajstić information content (AvgIpc) is 2.60. The molecule has 1 unspecified atom stereocenters. The predicted octanol–water partition coefficient (Wildman–Crippen LogP) is 0.316. The van der Waals surface area contributed by atoms with Gasteiger partial charge < -0.3 is 4.90 Å². The van der Waals surface area contributed by atoms with Gasteiger partial charge in [-0.05, 0) is 24.1 Å². The standard InChI is InChI=1S/C17H21N3O2S/c1-2-14-12-20-7-6-15(14)9-16(20)11-19-23(21,22)17-5-3-4-13(8-17)10-18/h2-5,8,14-16,19H,1,6-7,9,11-12H2/p+1/t14-,15-,16+/m0/s1. The Morgan fingerprint density at radius 1 is 1.48 bits per heavy atom. The summed E-state index contributed by atoms with van der Waals surface area (Å²) in [6.07, 6.45) is 4.31. The van der Waals surface area contributed by atoms with Crippen LogP contribution in [0.5, 0.6) is 0 Å². The molecule has 5 nitrogen and oxygen atoms in total. The summed E-state index contributed by atoms with van der Waals surface area (Å²) in [6.45, 7) is 6.55. The summed E-state index contributed by atoms with van der Waals surface area (Å²) < 4.78 is 27.6. The molecule has 3 fully saturated rings. The van der Waals surface area contributed by atoms with Gasteiger partial charge >= 0.3 is 0 Å². The second-order valence-electron chi connectivity index (χ2n) is 6.48. The summed E-state index contributed by atoms with van der Waals surface area (Å²) in [6, 6.07) is 8.44. The minimum Gasteiger partial charge on any atom is -0.331 e. The number of rotatable bonds is 5. The third-order valence-corrected chi connectivity index (χ3v) is 6.62. The number of hydrogen-bond donors (Lipinski definition) is 2. The highest BCUT2D eigenvalue weighted by Gasteiger charge is 2.42. The van der Waals surface area contributed by atoms with Gasteiger partial charge in [-0.3, -0.25) is 0 Å². The molecule has 3 aliphatic rings. The molecule has 3 heterocycles. The molecule has 122 valence electrons. The first-order chi connectivity index (χ1) is 11.0. The van der Waals surface area contributed by atoms with Crippen molar-refractivity contribution in [1.29, 1.82) is 5.26 Å². The van der Waals surface area contributed by atoms with Crippen LogP contribution in [0, 0.1) is 23.2 Å². The SMILES string of the molecule is C=C[C@H]1C[NH+]2CC[C@H]1C[C@@H]2CNS(=O)(=O)c1cccc(C#N)c1. The van der Waals surface area contributed by atoms with E-state index in [1.165, 1.54) is 23.5 Å². The van der Waals surface area contributed by atoms with Gasteiger partial charge in [0.15, 0.2) is 0 Å². The van der Waals surface area contributed by atoms with E-state index in [9.17, 15) is 8.42 Å². The van der Waals surface area contributed by atoms with Crippen molar-refractivity contribution in [2.24, 2.45) is 11.8 Å². The third kappa shape index (κ3) is 3.32. The zero-order chi connectivity index (χ0) is 16.4. The lowest BCUT2D eigenvalue weighted by atomic mass is 9.76. The summed E-state index contributed by atoms with van der Waals surface area (Å²) in [5.74, 6) is 1.21. The van der Waals surface area contributed by atoms with Crippen molar-refractivity contribution in [3.63, 3.8) is 0 Å². The Balaban J connectivity index is 1.66. The van der Waals surface area contributed by atoms with Gasteiger partial charge in [0.05, 0.1) is 36.2 Å². The fraction of sp³-hybridized carbons (Fsp3) is 0.471. The quantitative estimate of drug-likeness (QED) is 0.763. The Hall–Kier alpha value is -1.68. The minimum atomic E-state index is -3.56. The first-order valence-electron chi connectivity index (χ1n) is 8.00. The number of hydrogen-bond acceptors (Lipinski definition) is 3. The Bertz CT molecular complexity index is 738. The van der Waals surface area contributed by atoms with Crippen LogP contribution < -0.4 is 9.62 Å². The number of nitrogens with zero attached hydrogens (tertiary/aromatic N) is 1. The Morgan fingerprint density at radius 2 is 2.30 bits per heavy atom. The average molecular weight is 332 g/mol. The van der Waals surface area contributed by atoms with Gasteiger partial charge in [0.25, 0.3) is 0 Å². The zero-order valence-corrected chi connectivity index (χ0v) is 13.8. The third-order valence-electron chi connectivity index (χ3n) is 5.20. The van der Waals surface area contributed by atoms with E-state index in [0.29, 0.717) is 30.0 Å². The van der Waals surface area contributed by atoms with E-state index in [4.69, 9.17) is 5.26 Å². The highest BCUT2D eigenvalue weighted by molar-refractivity contribution is 7.89. The van der Waals surface area contributed by atoms with Crippen LogP contribution >= 0.6 is 0 Å². The van der Waals surface area contributed by atoms with E-state index >= 15 is 0 Å². The van der Waals surface area contributed by atoms with E-state index in [-0.39, 0.29) is 4.90 Å². The van der Waals surface area contributed by atoms with Crippen LogP contribution in [0.15, 0.2) is 41.8 Å². The van der Waals surface area contributed by atoms with Crippen molar-refractivity contribution in [3.05, 3.63) is 42.5 Å². The van der Waals surface area contributed by atoms with Crippen molar-refractivity contribution >= 4 is 10.0 Å². The smallest absolute Gasteiger partial charge is 0.240 e. The molecule has 0 radical (unpaired) electrons. The number of benzene rings is 1. The molecule has 0 aromatic heterocycles. The van der Waals surface area contributed by atoms with E-state index in [1.54, 1.807) is 12.1 Å². The van der Waals surface area contributed by atoms with Gasteiger partial charge in [0.2, 0.25) is 10.0 Å². The van der Waals surface area contributed by atoms with Crippen molar-refractivity contribution in [3.8, 4) is 6.07 Å². The highest BCUT2D eigenvalue weighted by atomic mass is 32.2. The molecule has 4 rings (SSSR count). The summed E-state index contributed by atoms with van der Waals surface area (Å²) in [7, 11) is -3.56. The monoisotopic (exact) mass is 332 g/mol. The second-order valence-corrected chi connectivity index (χ2v) is 8.25. The van der Waals surface area contributed by atoms with Gasteiger partial charge in [-0.15, -0.1) is 6.58 Å². The van der Waals surface area contributed by atoms with E-state index < -0.39 is 10.0 Å². The molecule has 0 spiro atoms. The molecule has 3 saturated heterocycles. The number of piperidine rings is 3. The molecule has 23 heavy (non-hydrogen) atoms. The Morgan fingerprint density at radius 3 is 2.96 bits per heavy atom. The van der Waals surface area contributed by atoms with Gasteiger partial charge in [0, 0.05) is 18.8 Å². The topological polar surface area (TPSA) is 74.4 Å². The molecular formula is C17H22N3O2S+. The van der Waals surface area contributed by atoms with Crippen molar-refractivity contribution in [2.45, 2.75) is 23.8 Å². The van der Waals surface area contributed by atoms with Crippen LogP contribution in [-0.4, -0.2) is 34.1 Å². The first kappa shape index (κ1) is 16.2. The van der Waals surface area contributed by atoms with Crippen molar-refractivity contribution in [1.82, 2.24) is 4.72 Å². The summed E-state index contributed by atoms with van der Waals surface area (Å²) in [5, 5.41) is 8.90. The van der Waals surface area contributed by atoms with Gasteiger partial charge in [0.1, 0.15) is 6.04 Å². The van der Waals surface area contributed by atoms with E-state index in [1.807, 2.05) is 6.07 Å². The van der Waals surface area contributed by atoms with Crippen LogP contribution in [0.25, 0.3) is 0 Å². The molecule has 2 N–H and O–H groups in total. The lowest BCUT2D eigenvalue weighted by Gasteiger charge is -2.46. The largest absolute Gasteiger partial charge is 0.331 e. The fourth-order valence-electron chi connectivity index (χ4n) is 3.88. The Labute approximate surface area is 137 Å². The molecule has 4 atom stereocenters. The van der Waals surface area contributed by atoms with Crippen LogP contribution in [0.1, 0.15) is 18.4 Å². The number of fused-ring (bicyclic) bond motifs is 3. The molecule has 0 saturated carbocycles. The van der Waals surface area contributed by atoms with Crippen LogP contribution in [0.4, 0.5) is 0 Å². The van der Waals surface area contributed by atoms with Crippen LogP contribution in [0.2, 0.25) is 0 Å². The number of nitrogens with one attached hydrogen (secondary N) is 2. The summed E-state index contributed by atoms with van der Waals surface area (Å²) in [4.78, 5) is 1.64. The summed E-state index contributed by atoms with van der Waals surface area (Å²) in [5.41, 5.74) is 0.354. The van der Waals surface area contributed by atoms with E-state index in [0.717, 1.165) is 19.5 Å². The summed E-state index contributed by atoms with van der Waals surface area (Å²) >= 11 is 0. The molecule has 0 aliphatic carbocycles. The maximum atomic E-state index is 12.4. The molecule has 1 aromatic rings. The normalized spacial score (nSPS) is 29.9. The first-order valence-corrected chi connectivity index (χ1v) is 9.49. The zero-order valence-electron chi connectivity index (χ0n) is 13.0. The predicted molar refractivity (Wildman–Crippen MR) is 87.2 cm³/mol.